The van der Waals surface area contributed by atoms with Crippen molar-refractivity contribution >= 4 is 33.2 Å². The second-order valence-corrected chi connectivity index (χ2v) is 8.90. The number of carbonyl (C=O) groups is 1. The van der Waals surface area contributed by atoms with Crippen molar-refractivity contribution in [3.63, 3.8) is 0 Å². The fraction of sp³-hybridized carbons (Fsp3) is 0.350. The lowest BCUT2D eigenvalue weighted by Crippen LogP contribution is -2.41. The van der Waals surface area contributed by atoms with Crippen molar-refractivity contribution in [2.24, 2.45) is 0 Å². The summed E-state index contributed by atoms with van der Waals surface area (Å²) in [5.74, 6) is 0.568. The molecule has 2 rings (SSSR count). The minimum atomic E-state index is -3.74. The maximum absolute atomic E-state index is 12.3. The molecule has 29 heavy (non-hydrogen) atoms. The number of hydrogen-bond donors (Lipinski definition) is 1. The third kappa shape index (κ3) is 6.54. The van der Waals surface area contributed by atoms with Crippen LogP contribution in [0, 0.1) is 13.8 Å². The molecule has 0 spiro atoms. The molecule has 7 nitrogen and oxygen atoms in total. The van der Waals surface area contributed by atoms with Gasteiger partial charge >= 0.3 is 0 Å². The summed E-state index contributed by atoms with van der Waals surface area (Å²) in [6, 6.07) is 10.4. The molecule has 0 radical (unpaired) electrons. The highest BCUT2D eigenvalue weighted by Gasteiger charge is 2.24. The van der Waals surface area contributed by atoms with Gasteiger partial charge in [0.05, 0.1) is 25.6 Å². The van der Waals surface area contributed by atoms with E-state index >= 15 is 0 Å². The Kier molecular flexibility index (Phi) is 7.75. The molecule has 2 aromatic carbocycles. The predicted molar refractivity (Wildman–Crippen MR) is 115 cm³/mol. The molecule has 0 aliphatic rings. The van der Waals surface area contributed by atoms with Gasteiger partial charge in [0.2, 0.25) is 15.9 Å². The van der Waals surface area contributed by atoms with Crippen LogP contribution in [0.1, 0.15) is 11.1 Å². The summed E-state index contributed by atoms with van der Waals surface area (Å²) in [6.07, 6.45) is 1.02. The lowest BCUT2D eigenvalue weighted by molar-refractivity contribution is -0.119. The zero-order valence-corrected chi connectivity index (χ0v) is 18.4. The molecular weight excluding hydrogens is 416 g/mol. The normalized spacial score (nSPS) is 11.1. The first-order valence-corrected chi connectivity index (χ1v) is 11.1. The number of amides is 1. The monoisotopic (exact) mass is 440 g/mol. The van der Waals surface area contributed by atoms with Crippen LogP contribution in [0.3, 0.4) is 0 Å². The zero-order chi connectivity index (χ0) is 21.6. The molecule has 0 heterocycles. The van der Waals surface area contributed by atoms with Gasteiger partial charge in [-0.25, -0.2) is 8.42 Å². The molecule has 0 saturated carbocycles. The van der Waals surface area contributed by atoms with Gasteiger partial charge in [-0.1, -0.05) is 29.3 Å². The summed E-state index contributed by atoms with van der Waals surface area (Å²) in [4.78, 5) is 12.3. The van der Waals surface area contributed by atoms with E-state index in [0.717, 1.165) is 27.4 Å². The van der Waals surface area contributed by atoms with E-state index in [1.54, 1.807) is 12.1 Å². The fourth-order valence-electron chi connectivity index (χ4n) is 2.74. The molecule has 0 aliphatic heterocycles. The average molecular weight is 441 g/mol. The smallest absolute Gasteiger partial charge is 0.240 e. The number of sulfonamides is 1. The standard InChI is InChI=1S/C20H25ClN2O5S/c1-14-5-7-18(15(2)11-14)28-10-9-22-20(24)13-23(29(4,25)26)17-12-16(21)6-8-19(17)27-3/h5-8,11-12H,9-10,13H2,1-4H3,(H,22,24). The lowest BCUT2D eigenvalue weighted by Gasteiger charge is -2.24. The first-order valence-electron chi connectivity index (χ1n) is 8.90. The highest BCUT2D eigenvalue weighted by atomic mass is 35.5. The van der Waals surface area contributed by atoms with Crippen LogP contribution in [0.2, 0.25) is 5.02 Å². The lowest BCUT2D eigenvalue weighted by atomic mass is 10.1. The Balaban J connectivity index is 2.00. The molecule has 1 amide bonds. The number of halogens is 1. The molecule has 2 aromatic rings. The topological polar surface area (TPSA) is 84.9 Å². The van der Waals surface area contributed by atoms with E-state index in [-0.39, 0.29) is 18.8 Å². The van der Waals surface area contributed by atoms with Gasteiger partial charge in [-0.2, -0.15) is 0 Å². The number of carbonyl (C=O) groups excluding carboxylic acids is 1. The van der Waals surface area contributed by atoms with E-state index < -0.39 is 22.5 Å². The Hall–Kier alpha value is -2.45. The highest BCUT2D eigenvalue weighted by Crippen LogP contribution is 2.32. The van der Waals surface area contributed by atoms with Gasteiger partial charge in [-0.3, -0.25) is 9.10 Å². The molecule has 0 atom stereocenters. The minimum absolute atomic E-state index is 0.198. The van der Waals surface area contributed by atoms with Crippen LogP contribution in [0.5, 0.6) is 11.5 Å². The van der Waals surface area contributed by atoms with Crippen molar-refractivity contribution in [2.45, 2.75) is 13.8 Å². The molecule has 0 aliphatic carbocycles. The van der Waals surface area contributed by atoms with E-state index in [1.165, 1.54) is 13.2 Å². The summed E-state index contributed by atoms with van der Waals surface area (Å²) in [6.45, 7) is 4.03. The molecule has 9 heteroatoms. The number of nitrogens with one attached hydrogen (secondary N) is 1. The van der Waals surface area contributed by atoms with Crippen LogP contribution in [-0.2, 0) is 14.8 Å². The van der Waals surface area contributed by atoms with Gasteiger partial charge in [-0.15, -0.1) is 0 Å². The Morgan fingerprint density at radius 1 is 1.14 bits per heavy atom. The number of hydrogen-bond acceptors (Lipinski definition) is 5. The summed E-state index contributed by atoms with van der Waals surface area (Å²) in [7, 11) is -2.33. The van der Waals surface area contributed by atoms with Crippen molar-refractivity contribution < 1.29 is 22.7 Å². The van der Waals surface area contributed by atoms with E-state index in [1.807, 2.05) is 32.0 Å². The maximum atomic E-state index is 12.3. The molecule has 0 fully saturated rings. The second-order valence-electron chi connectivity index (χ2n) is 6.55. The van der Waals surface area contributed by atoms with Crippen molar-refractivity contribution in [3.05, 3.63) is 52.5 Å². The van der Waals surface area contributed by atoms with Crippen molar-refractivity contribution in [1.82, 2.24) is 5.32 Å². The van der Waals surface area contributed by atoms with Gasteiger partial charge in [0.25, 0.3) is 0 Å². The summed E-state index contributed by atoms with van der Waals surface area (Å²) < 4.78 is 36.3. The van der Waals surface area contributed by atoms with Crippen LogP contribution in [0.4, 0.5) is 5.69 Å². The number of nitrogens with zero attached hydrogens (tertiary/aromatic N) is 1. The summed E-state index contributed by atoms with van der Waals surface area (Å²) in [5, 5.41) is 2.99. The molecule has 0 aromatic heterocycles. The SMILES string of the molecule is COc1ccc(Cl)cc1N(CC(=O)NCCOc1ccc(C)cc1C)S(C)(=O)=O. The van der Waals surface area contributed by atoms with E-state index in [0.29, 0.717) is 10.8 Å². The van der Waals surface area contributed by atoms with Crippen molar-refractivity contribution in [2.75, 3.05) is 37.4 Å². The summed E-state index contributed by atoms with van der Waals surface area (Å²) >= 11 is 5.99. The minimum Gasteiger partial charge on any atom is -0.495 e. The Bertz CT molecular complexity index is 979. The molecule has 0 saturated heterocycles. The van der Waals surface area contributed by atoms with Crippen LogP contribution in [0.25, 0.3) is 0 Å². The number of aryl methyl sites for hydroxylation is 2. The number of rotatable bonds is 9. The van der Waals surface area contributed by atoms with Crippen LogP contribution < -0.4 is 19.1 Å². The number of benzene rings is 2. The molecular formula is C20H25ClN2O5S. The van der Waals surface area contributed by atoms with Gasteiger partial charge < -0.3 is 14.8 Å². The quantitative estimate of drug-likeness (QED) is 0.606. The first-order chi connectivity index (χ1) is 13.6. The number of anilines is 1. The van der Waals surface area contributed by atoms with E-state index in [9.17, 15) is 13.2 Å². The largest absolute Gasteiger partial charge is 0.495 e. The first kappa shape index (κ1) is 22.8. The predicted octanol–water partition coefficient (Wildman–Crippen LogP) is 2.93. The Labute approximate surface area is 176 Å². The van der Waals surface area contributed by atoms with Crippen molar-refractivity contribution in [1.29, 1.82) is 0 Å². The fourth-order valence-corrected chi connectivity index (χ4v) is 3.76. The third-order valence-electron chi connectivity index (χ3n) is 4.11. The van der Waals surface area contributed by atoms with Gasteiger partial charge in [-0.05, 0) is 43.7 Å². The Morgan fingerprint density at radius 3 is 2.45 bits per heavy atom. The molecule has 1 N–H and O–H groups in total. The van der Waals surface area contributed by atoms with Gasteiger partial charge in [0, 0.05) is 5.02 Å². The van der Waals surface area contributed by atoms with E-state index in [4.69, 9.17) is 21.1 Å². The van der Waals surface area contributed by atoms with Gasteiger partial charge in [0.1, 0.15) is 24.7 Å². The second kappa shape index (κ2) is 9.84. The Morgan fingerprint density at radius 2 is 1.83 bits per heavy atom. The number of ether oxygens (including phenoxy) is 2. The van der Waals surface area contributed by atoms with Gasteiger partial charge in [0.15, 0.2) is 0 Å². The average Bonchev–Trinajstić information content (AvgIpc) is 2.63. The molecule has 158 valence electrons. The number of methoxy groups -OCH3 is 1. The zero-order valence-electron chi connectivity index (χ0n) is 16.9. The molecule has 0 bridgehead atoms. The van der Waals surface area contributed by atoms with Crippen LogP contribution >= 0.6 is 11.6 Å². The highest BCUT2D eigenvalue weighted by molar-refractivity contribution is 7.92. The van der Waals surface area contributed by atoms with Crippen molar-refractivity contribution in [3.8, 4) is 11.5 Å². The van der Waals surface area contributed by atoms with Crippen LogP contribution in [-0.4, -0.2) is 47.4 Å². The molecule has 0 unspecified atom stereocenters. The third-order valence-corrected chi connectivity index (χ3v) is 5.47. The van der Waals surface area contributed by atoms with Crippen LogP contribution in [0.15, 0.2) is 36.4 Å². The maximum Gasteiger partial charge on any atom is 0.240 e. The summed E-state index contributed by atoms with van der Waals surface area (Å²) in [5.41, 5.74) is 2.34. The van der Waals surface area contributed by atoms with E-state index in [2.05, 4.69) is 5.32 Å².